The number of urea groups is 1. The summed E-state index contributed by atoms with van der Waals surface area (Å²) >= 11 is 0. The minimum Gasteiger partial charge on any atom is -0.480 e. The molecule has 0 bridgehead atoms. The van der Waals surface area contributed by atoms with Gasteiger partial charge in [-0.1, -0.05) is 31.5 Å². The number of hydrogen-bond donors (Lipinski definition) is 2. The highest BCUT2D eigenvalue weighted by molar-refractivity contribution is 5.93. The van der Waals surface area contributed by atoms with Crippen molar-refractivity contribution in [3.8, 4) is 0 Å². The molecule has 5 heteroatoms. The lowest BCUT2D eigenvalue weighted by Crippen LogP contribution is -2.42. The molecule has 1 aliphatic rings. The Bertz CT molecular complexity index is 502. The second-order valence-corrected chi connectivity index (χ2v) is 5.03. The maximum atomic E-state index is 12.2. The number of carbonyl (C=O) groups excluding carboxylic acids is 1. The lowest BCUT2D eigenvalue weighted by atomic mass is 10.1. The standard InChI is InChI=1S/C15H20N2O3/c1-2-6-11-7-3-4-8-12(11)16-15(20)17-10-5-9-13(17)14(18)19/h3-4,7-8,13H,2,5-6,9-10H2,1H3,(H,16,20)(H,18,19)/t13-/m0/s1. The summed E-state index contributed by atoms with van der Waals surface area (Å²) < 4.78 is 0. The highest BCUT2D eigenvalue weighted by Gasteiger charge is 2.34. The maximum absolute atomic E-state index is 12.2. The van der Waals surface area contributed by atoms with Crippen molar-refractivity contribution in [2.75, 3.05) is 11.9 Å². The third kappa shape index (κ3) is 3.10. The molecule has 1 aromatic rings. The molecular formula is C15H20N2O3. The number of aryl methyl sites for hydroxylation is 1. The third-order valence-electron chi connectivity index (χ3n) is 3.58. The third-order valence-corrected chi connectivity index (χ3v) is 3.58. The van der Waals surface area contributed by atoms with E-state index in [2.05, 4.69) is 12.2 Å². The molecule has 0 spiro atoms. The fourth-order valence-corrected chi connectivity index (χ4v) is 2.58. The largest absolute Gasteiger partial charge is 0.480 e. The van der Waals surface area contributed by atoms with Gasteiger partial charge in [0.25, 0.3) is 0 Å². The number of nitrogens with zero attached hydrogens (tertiary/aromatic N) is 1. The second-order valence-electron chi connectivity index (χ2n) is 5.03. The van der Waals surface area contributed by atoms with Crippen molar-refractivity contribution in [1.29, 1.82) is 0 Å². The molecule has 0 aliphatic carbocycles. The summed E-state index contributed by atoms with van der Waals surface area (Å²) in [6.07, 6.45) is 3.15. The number of anilines is 1. The highest BCUT2D eigenvalue weighted by Crippen LogP contribution is 2.21. The van der Waals surface area contributed by atoms with Crippen LogP contribution >= 0.6 is 0 Å². The fraction of sp³-hybridized carbons (Fsp3) is 0.467. The fourth-order valence-electron chi connectivity index (χ4n) is 2.58. The predicted octanol–water partition coefficient (Wildman–Crippen LogP) is 2.72. The number of rotatable bonds is 4. The number of amides is 2. The molecule has 1 atom stereocenters. The molecular weight excluding hydrogens is 256 g/mol. The number of para-hydroxylation sites is 1. The lowest BCUT2D eigenvalue weighted by molar-refractivity contribution is -0.141. The predicted molar refractivity (Wildman–Crippen MR) is 76.8 cm³/mol. The first kappa shape index (κ1) is 14.4. The van der Waals surface area contributed by atoms with E-state index in [4.69, 9.17) is 5.11 Å². The molecule has 2 N–H and O–H groups in total. The minimum atomic E-state index is -0.931. The van der Waals surface area contributed by atoms with Gasteiger partial charge in [0.15, 0.2) is 0 Å². The number of likely N-dealkylation sites (tertiary alicyclic amines) is 1. The Balaban J connectivity index is 2.10. The van der Waals surface area contributed by atoms with Crippen LogP contribution in [0.2, 0.25) is 0 Å². The number of nitrogens with one attached hydrogen (secondary N) is 1. The smallest absolute Gasteiger partial charge is 0.326 e. The zero-order valence-electron chi connectivity index (χ0n) is 11.6. The van der Waals surface area contributed by atoms with Gasteiger partial charge >= 0.3 is 12.0 Å². The number of carboxylic acids is 1. The van der Waals surface area contributed by atoms with Crippen molar-refractivity contribution in [2.24, 2.45) is 0 Å². The molecule has 2 amide bonds. The molecule has 0 aromatic heterocycles. The Morgan fingerprint density at radius 1 is 1.40 bits per heavy atom. The summed E-state index contributed by atoms with van der Waals surface area (Å²) in [7, 11) is 0. The molecule has 2 rings (SSSR count). The van der Waals surface area contributed by atoms with E-state index >= 15 is 0 Å². The van der Waals surface area contributed by atoms with Gasteiger partial charge in [-0.15, -0.1) is 0 Å². The first-order valence-electron chi connectivity index (χ1n) is 7.01. The van der Waals surface area contributed by atoms with E-state index in [0.29, 0.717) is 13.0 Å². The van der Waals surface area contributed by atoms with Gasteiger partial charge in [0.2, 0.25) is 0 Å². The van der Waals surface area contributed by atoms with Gasteiger partial charge in [-0.3, -0.25) is 0 Å². The minimum absolute atomic E-state index is 0.321. The van der Waals surface area contributed by atoms with Crippen LogP contribution in [0.4, 0.5) is 10.5 Å². The Labute approximate surface area is 118 Å². The molecule has 20 heavy (non-hydrogen) atoms. The molecule has 0 unspecified atom stereocenters. The summed E-state index contributed by atoms with van der Waals surface area (Å²) in [5, 5.41) is 12.0. The van der Waals surface area contributed by atoms with Crippen LogP contribution in [0.25, 0.3) is 0 Å². The van der Waals surface area contributed by atoms with Crippen LogP contribution in [-0.4, -0.2) is 34.6 Å². The average Bonchev–Trinajstić information content (AvgIpc) is 2.91. The first-order valence-corrected chi connectivity index (χ1v) is 7.01. The highest BCUT2D eigenvalue weighted by atomic mass is 16.4. The van der Waals surface area contributed by atoms with Gasteiger partial charge in [0.05, 0.1) is 0 Å². The van der Waals surface area contributed by atoms with Crippen molar-refractivity contribution >= 4 is 17.7 Å². The molecule has 0 radical (unpaired) electrons. The second kappa shape index (κ2) is 6.41. The van der Waals surface area contributed by atoms with Gasteiger partial charge in [-0.25, -0.2) is 9.59 Å². The summed E-state index contributed by atoms with van der Waals surface area (Å²) in [6, 6.07) is 6.63. The van der Waals surface area contributed by atoms with Crippen LogP contribution < -0.4 is 5.32 Å². The summed E-state index contributed by atoms with van der Waals surface area (Å²) in [5.41, 5.74) is 1.85. The van der Waals surface area contributed by atoms with Gasteiger partial charge in [-0.05, 0) is 30.9 Å². The van der Waals surface area contributed by atoms with E-state index < -0.39 is 12.0 Å². The van der Waals surface area contributed by atoms with Crippen LogP contribution in [0.15, 0.2) is 24.3 Å². The zero-order chi connectivity index (χ0) is 14.5. The lowest BCUT2D eigenvalue weighted by Gasteiger charge is -2.22. The zero-order valence-corrected chi connectivity index (χ0v) is 11.6. The quantitative estimate of drug-likeness (QED) is 0.888. The molecule has 1 heterocycles. The average molecular weight is 276 g/mol. The van der Waals surface area contributed by atoms with Crippen molar-refractivity contribution in [3.05, 3.63) is 29.8 Å². The van der Waals surface area contributed by atoms with Crippen molar-refractivity contribution in [3.63, 3.8) is 0 Å². The van der Waals surface area contributed by atoms with Crippen molar-refractivity contribution in [1.82, 2.24) is 4.90 Å². The molecule has 1 aromatic carbocycles. The van der Waals surface area contributed by atoms with Gasteiger partial charge in [-0.2, -0.15) is 0 Å². The van der Waals surface area contributed by atoms with Crippen LogP contribution in [0.1, 0.15) is 31.7 Å². The molecule has 5 nitrogen and oxygen atoms in total. The molecule has 0 saturated carbocycles. The summed E-state index contributed by atoms with van der Waals surface area (Å²) in [6.45, 7) is 2.58. The Morgan fingerprint density at radius 3 is 2.85 bits per heavy atom. The number of hydrogen-bond acceptors (Lipinski definition) is 2. The van der Waals surface area contributed by atoms with E-state index in [-0.39, 0.29) is 6.03 Å². The van der Waals surface area contributed by atoms with Crippen LogP contribution in [-0.2, 0) is 11.2 Å². The van der Waals surface area contributed by atoms with E-state index in [1.807, 2.05) is 24.3 Å². The maximum Gasteiger partial charge on any atom is 0.326 e. The van der Waals surface area contributed by atoms with E-state index in [1.54, 1.807) is 0 Å². The summed E-state index contributed by atoms with van der Waals surface area (Å²) in [4.78, 5) is 24.8. The normalized spacial score (nSPS) is 18.1. The van der Waals surface area contributed by atoms with Gasteiger partial charge < -0.3 is 15.3 Å². The van der Waals surface area contributed by atoms with Gasteiger partial charge in [0, 0.05) is 12.2 Å². The number of carbonyl (C=O) groups is 2. The topological polar surface area (TPSA) is 69.6 Å². The molecule has 1 fully saturated rings. The molecule has 1 saturated heterocycles. The number of benzene rings is 1. The van der Waals surface area contributed by atoms with Crippen molar-refractivity contribution < 1.29 is 14.7 Å². The Kier molecular flexibility index (Phi) is 4.61. The molecule has 1 aliphatic heterocycles. The number of carboxylic acid groups (broad SMARTS) is 1. The Hall–Kier alpha value is -2.04. The first-order chi connectivity index (χ1) is 9.63. The Morgan fingerprint density at radius 2 is 2.15 bits per heavy atom. The van der Waals surface area contributed by atoms with E-state index in [0.717, 1.165) is 30.5 Å². The number of aliphatic carboxylic acids is 1. The van der Waals surface area contributed by atoms with Crippen LogP contribution in [0, 0.1) is 0 Å². The van der Waals surface area contributed by atoms with Crippen LogP contribution in [0.3, 0.4) is 0 Å². The summed E-state index contributed by atoms with van der Waals surface area (Å²) in [5.74, 6) is -0.931. The van der Waals surface area contributed by atoms with Crippen molar-refractivity contribution in [2.45, 2.75) is 38.6 Å². The van der Waals surface area contributed by atoms with Crippen LogP contribution in [0.5, 0.6) is 0 Å². The molecule has 108 valence electrons. The monoisotopic (exact) mass is 276 g/mol. The van der Waals surface area contributed by atoms with E-state index in [9.17, 15) is 9.59 Å². The SMILES string of the molecule is CCCc1ccccc1NC(=O)N1CCC[C@H]1C(=O)O. The van der Waals surface area contributed by atoms with Gasteiger partial charge in [0.1, 0.15) is 6.04 Å². The van der Waals surface area contributed by atoms with E-state index in [1.165, 1.54) is 4.90 Å².